The van der Waals surface area contributed by atoms with Gasteiger partial charge in [-0.15, -0.1) is 0 Å². The molecule has 0 bridgehead atoms. The maximum atomic E-state index is 12.2. The summed E-state index contributed by atoms with van der Waals surface area (Å²) in [6.07, 6.45) is -2.38. The predicted molar refractivity (Wildman–Crippen MR) is 56.6 cm³/mol. The van der Waals surface area contributed by atoms with Crippen LogP contribution >= 0.6 is 38.5 Å². The molecule has 0 amide bonds. The van der Waals surface area contributed by atoms with Crippen LogP contribution in [0.5, 0.6) is 0 Å². The fourth-order valence-corrected chi connectivity index (χ4v) is 1.89. The predicted octanol–water partition coefficient (Wildman–Crippen LogP) is 4.30. The summed E-state index contributed by atoms with van der Waals surface area (Å²) in [5.41, 5.74) is 0.928. The van der Waals surface area contributed by atoms with E-state index in [1.165, 1.54) is 12.1 Å². The molecule has 12 heavy (non-hydrogen) atoms. The van der Waals surface area contributed by atoms with Crippen molar-refractivity contribution in [3.05, 3.63) is 31.3 Å². The first-order chi connectivity index (χ1) is 5.52. The van der Waals surface area contributed by atoms with Crippen molar-refractivity contribution < 1.29 is 8.78 Å². The van der Waals surface area contributed by atoms with Crippen molar-refractivity contribution in [3.63, 3.8) is 0 Å². The average Bonchev–Trinajstić information content (AvgIpc) is 1.99. The summed E-state index contributed by atoms with van der Waals surface area (Å²) in [4.78, 5) is 0. The van der Waals surface area contributed by atoms with Crippen molar-refractivity contribution >= 4 is 38.5 Å². The number of alkyl halides is 2. The van der Waals surface area contributed by atoms with Crippen molar-refractivity contribution in [1.29, 1.82) is 0 Å². The maximum absolute atomic E-state index is 12.2. The Balaban J connectivity index is 3.21. The van der Waals surface area contributed by atoms with Crippen LogP contribution in [-0.2, 0) is 0 Å². The number of hydrogen-bond acceptors (Lipinski definition) is 0. The Labute approximate surface area is 91.6 Å². The molecule has 0 N–H and O–H groups in total. The van der Waals surface area contributed by atoms with Gasteiger partial charge >= 0.3 is 0 Å². The second kappa shape index (κ2) is 4.00. The first kappa shape index (κ1) is 10.4. The molecular weight excluding hydrogens is 341 g/mol. The van der Waals surface area contributed by atoms with Crippen LogP contribution in [0.3, 0.4) is 0 Å². The normalized spacial score (nSPS) is 10.8. The topological polar surface area (TPSA) is 0 Å². The summed E-state index contributed by atoms with van der Waals surface area (Å²) < 4.78 is 26.2. The SMILES string of the molecule is Cc1cc(C(F)F)cc(I)c1Br. The number of benzene rings is 1. The largest absolute Gasteiger partial charge is 0.263 e. The Morgan fingerprint density at radius 3 is 2.42 bits per heavy atom. The van der Waals surface area contributed by atoms with E-state index in [-0.39, 0.29) is 5.56 Å². The van der Waals surface area contributed by atoms with Crippen LogP contribution in [0.4, 0.5) is 8.78 Å². The van der Waals surface area contributed by atoms with Crippen molar-refractivity contribution in [2.24, 2.45) is 0 Å². The molecule has 0 unspecified atom stereocenters. The van der Waals surface area contributed by atoms with Gasteiger partial charge in [0.25, 0.3) is 6.43 Å². The highest BCUT2D eigenvalue weighted by Crippen LogP contribution is 2.28. The molecule has 66 valence electrons. The number of aryl methyl sites for hydroxylation is 1. The van der Waals surface area contributed by atoms with Gasteiger partial charge in [0.2, 0.25) is 0 Å². The molecule has 0 heterocycles. The summed E-state index contributed by atoms with van der Waals surface area (Å²) in [5.74, 6) is 0. The minimum absolute atomic E-state index is 0.0834. The highest BCUT2D eigenvalue weighted by molar-refractivity contribution is 14.1. The second-order valence-corrected chi connectivity index (χ2v) is 4.39. The van der Waals surface area contributed by atoms with E-state index in [1.54, 1.807) is 6.92 Å². The molecule has 0 saturated heterocycles. The molecule has 0 atom stereocenters. The zero-order valence-corrected chi connectivity index (χ0v) is 9.99. The first-order valence-corrected chi connectivity index (χ1v) is 5.13. The molecule has 0 aliphatic heterocycles. The second-order valence-electron chi connectivity index (χ2n) is 2.43. The molecule has 0 aromatic heterocycles. The van der Waals surface area contributed by atoms with Gasteiger partial charge in [0.05, 0.1) is 0 Å². The Hall–Kier alpha value is 0.290. The lowest BCUT2D eigenvalue weighted by molar-refractivity contribution is 0.151. The van der Waals surface area contributed by atoms with E-state index in [0.29, 0.717) is 0 Å². The Morgan fingerprint density at radius 2 is 2.00 bits per heavy atom. The molecule has 1 aromatic rings. The standard InChI is InChI=1S/C8H6BrF2I/c1-4-2-5(8(10)11)3-6(12)7(4)9/h2-3,8H,1H3. The van der Waals surface area contributed by atoms with Gasteiger partial charge in [-0.3, -0.25) is 0 Å². The molecule has 0 nitrogen and oxygen atoms in total. The molecule has 0 fully saturated rings. The van der Waals surface area contributed by atoms with Gasteiger partial charge in [0, 0.05) is 13.6 Å². The van der Waals surface area contributed by atoms with Crippen LogP contribution in [-0.4, -0.2) is 0 Å². The maximum Gasteiger partial charge on any atom is 0.263 e. The summed E-state index contributed by atoms with van der Waals surface area (Å²) in [6, 6.07) is 2.99. The van der Waals surface area contributed by atoms with Crippen LogP contribution in [0.2, 0.25) is 0 Å². The van der Waals surface area contributed by atoms with E-state index in [9.17, 15) is 8.78 Å². The smallest absolute Gasteiger partial charge is 0.205 e. The van der Waals surface area contributed by atoms with Gasteiger partial charge in [-0.05, 0) is 63.1 Å². The quantitative estimate of drug-likeness (QED) is 0.665. The van der Waals surface area contributed by atoms with E-state index >= 15 is 0 Å². The van der Waals surface area contributed by atoms with Crippen molar-refractivity contribution in [2.75, 3.05) is 0 Å². The van der Waals surface area contributed by atoms with Crippen LogP contribution < -0.4 is 0 Å². The van der Waals surface area contributed by atoms with Gasteiger partial charge in [0.1, 0.15) is 0 Å². The molecular formula is C8H6BrF2I. The molecule has 0 radical (unpaired) electrons. The van der Waals surface area contributed by atoms with Crippen LogP contribution in [0.1, 0.15) is 17.6 Å². The Bertz CT molecular complexity index is 276. The third kappa shape index (κ3) is 2.16. The monoisotopic (exact) mass is 346 g/mol. The van der Waals surface area contributed by atoms with Gasteiger partial charge in [-0.2, -0.15) is 0 Å². The van der Waals surface area contributed by atoms with E-state index in [2.05, 4.69) is 15.9 Å². The third-order valence-electron chi connectivity index (χ3n) is 1.48. The van der Waals surface area contributed by atoms with E-state index in [0.717, 1.165) is 13.6 Å². The molecule has 1 rings (SSSR count). The molecule has 4 heteroatoms. The Morgan fingerprint density at radius 1 is 1.42 bits per heavy atom. The third-order valence-corrected chi connectivity index (χ3v) is 4.13. The number of halogens is 4. The summed E-state index contributed by atoms with van der Waals surface area (Å²) in [5, 5.41) is 0. The molecule has 0 aliphatic carbocycles. The summed E-state index contributed by atoms with van der Waals surface area (Å²) >= 11 is 5.34. The van der Waals surface area contributed by atoms with Crippen LogP contribution in [0, 0.1) is 10.5 Å². The van der Waals surface area contributed by atoms with Gasteiger partial charge in [0.15, 0.2) is 0 Å². The van der Waals surface area contributed by atoms with Crippen molar-refractivity contribution in [3.8, 4) is 0 Å². The van der Waals surface area contributed by atoms with Crippen molar-refractivity contribution in [1.82, 2.24) is 0 Å². The molecule has 1 aromatic carbocycles. The lowest BCUT2D eigenvalue weighted by atomic mass is 10.1. The first-order valence-electron chi connectivity index (χ1n) is 3.26. The molecule has 0 saturated carbocycles. The van der Waals surface area contributed by atoms with Crippen molar-refractivity contribution in [2.45, 2.75) is 13.3 Å². The molecule has 0 aliphatic rings. The lowest BCUT2D eigenvalue weighted by Crippen LogP contribution is -1.89. The van der Waals surface area contributed by atoms with E-state index in [1.807, 2.05) is 22.6 Å². The van der Waals surface area contributed by atoms with E-state index < -0.39 is 6.43 Å². The minimum atomic E-state index is -2.38. The lowest BCUT2D eigenvalue weighted by Gasteiger charge is -2.05. The zero-order valence-electron chi connectivity index (χ0n) is 6.24. The van der Waals surface area contributed by atoms with Gasteiger partial charge in [-0.25, -0.2) is 8.78 Å². The van der Waals surface area contributed by atoms with E-state index in [4.69, 9.17) is 0 Å². The zero-order chi connectivity index (χ0) is 9.30. The highest BCUT2D eigenvalue weighted by atomic mass is 127. The fourth-order valence-electron chi connectivity index (χ4n) is 0.879. The summed E-state index contributed by atoms with van der Waals surface area (Å²) in [7, 11) is 0. The van der Waals surface area contributed by atoms with Crippen LogP contribution in [0.15, 0.2) is 16.6 Å². The van der Waals surface area contributed by atoms with Crippen LogP contribution in [0.25, 0.3) is 0 Å². The highest BCUT2D eigenvalue weighted by Gasteiger charge is 2.10. The Kier molecular flexibility index (Phi) is 3.46. The average molecular weight is 347 g/mol. The fraction of sp³-hybridized carbons (Fsp3) is 0.250. The van der Waals surface area contributed by atoms with Gasteiger partial charge in [-0.1, -0.05) is 0 Å². The number of hydrogen-bond donors (Lipinski definition) is 0. The van der Waals surface area contributed by atoms with Gasteiger partial charge < -0.3 is 0 Å². The minimum Gasteiger partial charge on any atom is -0.205 e. The number of rotatable bonds is 1. The summed E-state index contributed by atoms with van der Waals surface area (Å²) in [6.45, 7) is 1.80. The molecule has 0 spiro atoms.